The molecule has 3 rings (SSSR count). The van der Waals surface area contributed by atoms with E-state index < -0.39 is 6.04 Å². The molecule has 2 atom stereocenters. The maximum atomic E-state index is 13.4. The first-order valence-electron chi connectivity index (χ1n) is 12.5. The van der Waals surface area contributed by atoms with E-state index in [2.05, 4.69) is 50.5 Å². The van der Waals surface area contributed by atoms with Gasteiger partial charge in [-0.3, -0.25) is 9.59 Å². The zero-order valence-corrected chi connectivity index (χ0v) is 21.4. The summed E-state index contributed by atoms with van der Waals surface area (Å²) in [5, 5.41) is 6.11. The number of amides is 2. The smallest absolute Gasteiger partial charge is 0.247 e. The zero-order valence-electron chi connectivity index (χ0n) is 21.4. The normalized spacial score (nSPS) is 13.0. The van der Waals surface area contributed by atoms with E-state index in [9.17, 15) is 9.59 Å². The second kappa shape index (κ2) is 12.3. The van der Waals surface area contributed by atoms with Crippen molar-refractivity contribution < 1.29 is 9.59 Å². The molecule has 2 unspecified atom stereocenters. The van der Waals surface area contributed by atoms with Gasteiger partial charge in [0, 0.05) is 18.5 Å². The van der Waals surface area contributed by atoms with Crippen molar-refractivity contribution in [2.75, 3.05) is 5.32 Å². The van der Waals surface area contributed by atoms with Gasteiger partial charge in [0.15, 0.2) is 0 Å². The molecule has 3 aromatic rings. The molecule has 3 aromatic carbocycles. The molecule has 0 spiro atoms. The third-order valence-electron chi connectivity index (χ3n) is 5.94. The summed E-state index contributed by atoms with van der Waals surface area (Å²) in [7, 11) is 0. The van der Waals surface area contributed by atoms with Crippen molar-refractivity contribution in [1.82, 2.24) is 5.32 Å². The lowest BCUT2D eigenvalue weighted by Gasteiger charge is -2.24. The van der Waals surface area contributed by atoms with Crippen molar-refractivity contribution in [1.29, 1.82) is 0 Å². The summed E-state index contributed by atoms with van der Waals surface area (Å²) in [5.74, 6) is -0.0522. The highest BCUT2D eigenvalue weighted by Crippen LogP contribution is 2.26. The lowest BCUT2D eigenvalue weighted by atomic mass is 9.84. The molecule has 0 bridgehead atoms. The Labute approximate surface area is 210 Å². The number of benzene rings is 3. The molecule has 4 nitrogen and oxygen atoms in total. The minimum absolute atomic E-state index is 0.0876. The van der Waals surface area contributed by atoms with Crippen molar-refractivity contribution in [3.8, 4) is 0 Å². The Balaban J connectivity index is 1.74. The van der Waals surface area contributed by atoms with Gasteiger partial charge in [0.25, 0.3) is 0 Å². The highest BCUT2D eigenvalue weighted by molar-refractivity contribution is 5.98. The van der Waals surface area contributed by atoms with Crippen molar-refractivity contribution >= 4 is 17.5 Å². The first-order chi connectivity index (χ1) is 16.7. The van der Waals surface area contributed by atoms with Crippen LogP contribution < -0.4 is 10.6 Å². The summed E-state index contributed by atoms with van der Waals surface area (Å²) in [6.07, 6.45) is 2.51. The number of carbonyl (C=O) groups is 2. The van der Waals surface area contributed by atoms with Crippen LogP contribution in [0.2, 0.25) is 0 Å². The Hall–Kier alpha value is -3.40. The molecule has 0 saturated heterocycles. The van der Waals surface area contributed by atoms with Crippen molar-refractivity contribution in [2.45, 2.75) is 59.4 Å². The van der Waals surface area contributed by atoms with Gasteiger partial charge in [0.05, 0.1) is 0 Å². The number of hydrogen-bond donors (Lipinski definition) is 2. The fourth-order valence-electron chi connectivity index (χ4n) is 4.58. The van der Waals surface area contributed by atoms with Gasteiger partial charge in [-0.15, -0.1) is 0 Å². The molecule has 0 aliphatic rings. The van der Waals surface area contributed by atoms with Crippen LogP contribution in [0.25, 0.3) is 0 Å². The summed E-state index contributed by atoms with van der Waals surface area (Å²) in [4.78, 5) is 26.4. The van der Waals surface area contributed by atoms with Gasteiger partial charge in [0.1, 0.15) is 6.04 Å². The molecule has 4 heteroatoms. The van der Waals surface area contributed by atoms with E-state index in [1.165, 1.54) is 5.56 Å². The number of rotatable bonds is 10. The molecule has 0 aliphatic carbocycles. The molecular formula is C31H38N2O2. The zero-order chi connectivity index (χ0) is 25.3. The quantitative estimate of drug-likeness (QED) is 0.360. The van der Waals surface area contributed by atoms with Crippen molar-refractivity contribution in [3.05, 3.63) is 102 Å². The van der Waals surface area contributed by atoms with E-state index in [0.717, 1.165) is 29.7 Å². The Kier molecular flexibility index (Phi) is 9.25. The molecule has 2 amide bonds. The highest BCUT2D eigenvalue weighted by atomic mass is 16.2. The van der Waals surface area contributed by atoms with Gasteiger partial charge in [-0.25, -0.2) is 0 Å². The summed E-state index contributed by atoms with van der Waals surface area (Å²) in [6, 6.07) is 27.2. The van der Waals surface area contributed by atoms with Crippen LogP contribution in [0.15, 0.2) is 84.9 Å². The van der Waals surface area contributed by atoms with E-state index in [4.69, 9.17) is 0 Å². The predicted octanol–water partition coefficient (Wildman–Crippen LogP) is 6.41. The minimum atomic E-state index is -0.656. The van der Waals surface area contributed by atoms with Crippen LogP contribution in [0.4, 0.5) is 5.69 Å². The summed E-state index contributed by atoms with van der Waals surface area (Å²) < 4.78 is 0. The topological polar surface area (TPSA) is 58.2 Å². The van der Waals surface area contributed by atoms with Crippen LogP contribution in [0.5, 0.6) is 0 Å². The Morgan fingerprint density at radius 3 is 2.00 bits per heavy atom. The second-order valence-corrected chi connectivity index (χ2v) is 10.7. The van der Waals surface area contributed by atoms with Crippen molar-refractivity contribution in [2.24, 2.45) is 11.3 Å². The van der Waals surface area contributed by atoms with Crippen LogP contribution in [0.1, 0.15) is 57.2 Å². The van der Waals surface area contributed by atoms with Crippen LogP contribution in [0.3, 0.4) is 0 Å². The molecule has 0 aliphatic heterocycles. The molecule has 35 heavy (non-hydrogen) atoms. The lowest BCUT2D eigenvalue weighted by molar-refractivity contribution is -0.127. The van der Waals surface area contributed by atoms with E-state index in [0.29, 0.717) is 12.8 Å². The summed E-state index contributed by atoms with van der Waals surface area (Å²) >= 11 is 0. The molecular weight excluding hydrogens is 432 g/mol. The van der Waals surface area contributed by atoms with E-state index >= 15 is 0 Å². The van der Waals surface area contributed by atoms with E-state index in [1.54, 1.807) is 0 Å². The Bertz CT molecular complexity index is 1090. The third-order valence-corrected chi connectivity index (χ3v) is 5.94. The first-order valence-corrected chi connectivity index (χ1v) is 12.5. The average Bonchev–Trinajstić information content (AvgIpc) is 2.80. The van der Waals surface area contributed by atoms with E-state index in [1.807, 2.05) is 72.8 Å². The van der Waals surface area contributed by atoms with Gasteiger partial charge in [-0.05, 0) is 46.9 Å². The maximum absolute atomic E-state index is 13.4. The molecule has 0 fully saturated rings. The van der Waals surface area contributed by atoms with Gasteiger partial charge in [-0.1, -0.05) is 107 Å². The SMILES string of the molecule is CC(CC(=O)NC(Cc1ccccc1)C(=O)Nc1ccccc1Cc1ccccc1)CC(C)(C)C. The number of anilines is 1. The van der Waals surface area contributed by atoms with Crippen LogP contribution in [-0.4, -0.2) is 17.9 Å². The van der Waals surface area contributed by atoms with Gasteiger partial charge < -0.3 is 10.6 Å². The Morgan fingerprint density at radius 1 is 0.800 bits per heavy atom. The average molecular weight is 471 g/mol. The monoisotopic (exact) mass is 470 g/mol. The summed E-state index contributed by atoms with van der Waals surface area (Å²) in [6.45, 7) is 8.64. The van der Waals surface area contributed by atoms with Crippen LogP contribution in [-0.2, 0) is 22.4 Å². The molecule has 0 aromatic heterocycles. The van der Waals surface area contributed by atoms with Crippen molar-refractivity contribution in [3.63, 3.8) is 0 Å². The van der Waals surface area contributed by atoms with Gasteiger partial charge >= 0.3 is 0 Å². The second-order valence-electron chi connectivity index (χ2n) is 10.7. The minimum Gasteiger partial charge on any atom is -0.344 e. The van der Waals surface area contributed by atoms with E-state index in [-0.39, 0.29) is 23.1 Å². The Morgan fingerprint density at radius 2 is 1.37 bits per heavy atom. The highest BCUT2D eigenvalue weighted by Gasteiger charge is 2.24. The van der Waals surface area contributed by atoms with Gasteiger partial charge in [-0.2, -0.15) is 0 Å². The third kappa shape index (κ3) is 9.05. The number of hydrogen-bond acceptors (Lipinski definition) is 2. The molecule has 0 radical (unpaired) electrons. The first kappa shape index (κ1) is 26.2. The molecule has 2 N–H and O–H groups in total. The largest absolute Gasteiger partial charge is 0.344 e. The van der Waals surface area contributed by atoms with Crippen LogP contribution in [0, 0.1) is 11.3 Å². The fraction of sp³-hybridized carbons (Fsp3) is 0.355. The molecule has 0 heterocycles. The van der Waals surface area contributed by atoms with Crippen LogP contribution >= 0.6 is 0 Å². The number of nitrogens with one attached hydrogen (secondary N) is 2. The molecule has 0 saturated carbocycles. The number of carbonyl (C=O) groups excluding carboxylic acids is 2. The standard InChI is InChI=1S/C31H38N2O2/c1-23(22-31(2,3)4)19-29(34)32-28(21-25-15-9-6-10-16-25)30(35)33-27-18-12-11-17-26(27)20-24-13-7-5-8-14-24/h5-18,23,28H,19-22H2,1-4H3,(H,32,34)(H,33,35). The maximum Gasteiger partial charge on any atom is 0.247 e. The van der Waals surface area contributed by atoms with Gasteiger partial charge in [0.2, 0.25) is 11.8 Å². The molecule has 184 valence electrons. The predicted molar refractivity (Wildman–Crippen MR) is 144 cm³/mol. The lowest BCUT2D eigenvalue weighted by Crippen LogP contribution is -2.45. The number of para-hydroxylation sites is 1. The fourth-order valence-corrected chi connectivity index (χ4v) is 4.58. The summed E-state index contributed by atoms with van der Waals surface area (Å²) in [5.41, 5.74) is 4.15.